The third-order valence-electron chi connectivity index (χ3n) is 9.03. The van der Waals surface area contributed by atoms with E-state index in [1.165, 1.54) is 59.8 Å². The largest absolute Gasteiger partial charge is 0.456 e. The van der Waals surface area contributed by atoms with E-state index in [4.69, 9.17) is 8.83 Å². The Hall–Kier alpha value is -5.60. The Morgan fingerprint density at radius 2 is 0.833 bits per heavy atom. The van der Waals surface area contributed by atoms with E-state index >= 15 is 0 Å². The minimum atomic E-state index is 0.906. The molecule has 2 heterocycles. The first-order chi connectivity index (χ1) is 20.8. The summed E-state index contributed by atoms with van der Waals surface area (Å²) in [6.45, 7) is 0. The van der Waals surface area contributed by atoms with Gasteiger partial charge in [0.2, 0.25) is 0 Å². The first-order valence-electron chi connectivity index (χ1n) is 14.4. The summed E-state index contributed by atoms with van der Waals surface area (Å²) in [5, 5.41) is 11.9. The first-order valence-corrected chi connectivity index (χ1v) is 14.4. The molecule has 0 spiro atoms. The standard InChI is InChI=1S/C40H22O2/c1-3-12-27-25(10-1)37(30-15-8-18-34-39(30)29-14-5-6-16-32(29)41-34)26-11-2-4-13-28(26)38(27)31-22-21-24-20-19-23-9-7-17-33-35(23)36(24)40(31)42-33/h1-22H. The molecular formula is C40H22O2. The molecule has 2 nitrogen and oxygen atoms in total. The van der Waals surface area contributed by atoms with Crippen LogP contribution in [0.1, 0.15) is 0 Å². The highest BCUT2D eigenvalue weighted by molar-refractivity contribution is 6.29. The van der Waals surface area contributed by atoms with Crippen molar-refractivity contribution in [3.63, 3.8) is 0 Å². The lowest BCUT2D eigenvalue weighted by molar-refractivity contribution is 0.669. The van der Waals surface area contributed by atoms with E-state index in [-0.39, 0.29) is 0 Å². The molecule has 194 valence electrons. The van der Waals surface area contributed by atoms with Crippen LogP contribution in [0.5, 0.6) is 0 Å². The molecule has 0 aliphatic heterocycles. The molecule has 10 aromatic rings. The topological polar surface area (TPSA) is 26.3 Å². The van der Waals surface area contributed by atoms with Crippen LogP contribution in [-0.4, -0.2) is 0 Å². The van der Waals surface area contributed by atoms with E-state index in [2.05, 4.69) is 127 Å². The van der Waals surface area contributed by atoms with Crippen molar-refractivity contribution in [2.45, 2.75) is 0 Å². The van der Waals surface area contributed by atoms with Crippen LogP contribution in [0.25, 0.3) is 98.4 Å². The van der Waals surface area contributed by atoms with Crippen LogP contribution < -0.4 is 0 Å². The van der Waals surface area contributed by atoms with Gasteiger partial charge in [-0.2, -0.15) is 0 Å². The third kappa shape index (κ3) is 2.78. The van der Waals surface area contributed by atoms with Gasteiger partial charge in [-0.1, -0.05) is 109 Å². The lowest BCUT2D eigenvalue weighted by Gasteiger charge is -2.18. The molecule has 0 saturated carbocycles. The number of fused-ring (bicyclic) bond motifs is 5. The van der Waals surface area contributed by atoms with Gasteiger partial charge >= 0.3 is 0 Å². The van der Waals surface area contributed by atoms with Gasteiger partial charge in [-0.15, -0.1) is 0 Å². The molecule has 2 aromatic heterocycles. The van der Waals surface area contributed by atoms with Crippen molar-refractivity contribution in [2.24, 2.45) is 0 Å². The van der Waals surface area contributed by atoms with Gasteiger partial charge in [0.25, 0.3) is 0 Å². The Morgan fingerprint density at radius 1 is 0.310 bits per heavy atom. The highest BCUT2D eigenvalue weighted by atomic mass is 16.3. The third-order valence-corrected chi connectivity index (χ3v) is 9.03. The molecule has 10 rings (SSSR count). The Balaban J connectivity index is 1.40. The summed E-state index contributed by atoms with van der Waals surface area (Å²) in [7, 11) is 0. The van der Waals surface area contributed by atoms with Crippen LogP contribution in [-0.2, 0) is 0 Å². The van der Waals surface area contributed by atoms with E-state index in [0.29, 0.717) is 0 Å². The summed E-state index contributed by atoms with van der Waals surface area (Å²) in [4.78, 5) is 0. The summed E-state index contributed by atoms with van der Waals surface area (Å²) in [6, 6.07) is 47.6. The number of hydrogen-bond donors (Lipinski definition) is 0. The van der Waals surface area contributed by atoms with E-state index in [1.807, 2.05) is 6.07 Å². The molecule has 0 bridgehead atoms. The van der Waals surface area contributed by atoms with Crippen LogP contribution in [0.15, 0.2) is 142 Å². The summed E-state index contributed by atoms with van der Waals surface area (Å²) in [5.74, 6) is 0. The molecule has 0 N–H and O–H groups in total. The Bertz CT molecular complexity index is 2630. The summed E-state index contributed by atoms with van der Waals surface area (Å²) >= 11 is 0. The van der Waals surface area contributed by atoms with Gasteiger partial charge in [0.15, 0.2) is 0 Å². The van der Waals surface area contributed by atoms with Crippen molar-refractivity contribution in [1.82, 2.24) is 0 Å². The zero-order valence-corrected chi connectivity index (χ0v) is 22.5. The predicted octanol–water partition coefficient (Wildman–Crippen LogP) is 11.7. The lowest BCUT2D eigenvalue weighted by Crippen LogP contribution is -1.91. The molecule has 0 saturated heterocycles. The summed E-state index contributed by atoms with van der Waals surface area (Å²) in [6.07, 6.45) is 0. The molecule has 42 heavy (non-hydrogen) atoms. The number of rotatable bonds is 2. The zero-order chi connectivity index (χ0) is 27.4. The molecule has 2 heteroatoms. The van der Waals surface area contributed by atoms with Gasteiger partial charge in [-0.05, 0) is 67.7 Å². The maximum absolute atomic E-state index is 6.70. The van der Waals surface area contributed by atoms with Gasteiger partial charge in [-0.25, -0.2) is 0 Å². The second-order valence-electron chi connectivity index (χ2n) is 11.2. The van der Waals surface area contributed by atoms with Crippen molar-refractivity contribution in [3.8, 4) is 22.3 Å². The number of para-hydroxylation sites is 1. The average Bonchev–Trinajstić information content (AvgIpc) is 3.63. The molecule has 8 aromatic carbocycles. The second kappa shape index (κ2) is 7.99. The minimum absolute atomic E-state index is 0.906. The second-order valence-corrected chi connectivity index (χ2v) is 11.2. The first kappa shape index (κ1) is 22.1. The fourth-order valence-electron chi connectivity index (χ4n) is 7.32. The van der Waals surface area contributed by atoms with Crippen molar-refractivity contribution in [3.05, 3.63) is 133 Å². The molecule has 0 fully saturated rings. The van der Waals surface area contributed by atoms with Crippen LogP contribution in [0.3, 0.4) is 0 Å². The monoisotopic (exact) mass is 534 g/mol. The van der Waals surface area contributed by atoms with Gasteiger partial charge in [0.05, 0.1) is 0 Å². The van der Waals surface area contributed by atoms with E-state index in [9.17, 15) is 0 Å². The number of furan rings is 2. The maximum Gasteiger partial charge on any atom is 0.143 e. The highest BCUT2D eigenvalue weighted by Gasteiger charge is 2.23. The highest BCUT2D eigenvalue weighted by Crippen LogP contribution is 2.49. The van der Waals surface area contributed by atoms with E-state index < -0.39 is 0 Å². The van der Waals surface area contributed by atoms with Crippen LogP contribution in [0.2, 0.25) is 0 Å². The maximum atomic E-state index is 6.70. The molecule has 0 amide bonds. The van der Waals surface area contributed by atoms with Gasteiger partial charge in [-0.3, -0.25) is 0 Å². The number of benzene rings is 8. The van der Waals surface area contributed by atoms with Crippen molar-refractivity contribution < 1.29 is 8.83 Å². The average molecular weight is 535 g/mol. The van der Waals surface area contributed by atoms with E-state index in [1.54, 1.807) is 0 Å². The normalized spacial score (nSPS) is 12.3. The van der Waals surface area contributed by atoms with Crippen molar-refractivity contribution >= 4 is 76.2 Å². The smallest absolute Gasteiger partial charge is 0.143 e. The van der Waals surface area contributed by atoms with Gasteiger partial charge < -0.3 is 8.83 Å². The fourth-order valence-corrected chi connectivity index (χ4v) is 7.32. The summed E-state index contributed by atoms with van der Waals surface area (Å²) in [5.41, 5.74) is 8.44. The van der Waals surface area contributed by atoms with Crippen LogP contribution >= 0.6 is 0 Å². The Morgan fingerprint density at radius 3 is 1.55 bits per heavy atom. The van der Waals surface area contributed by atoms with Gasteiger partial charge in [0.1, 0.15) is 22.3 Å². The van der Waals surface area contributed by atoms with E-state index in [0.717, 1.165) is 38.7 Å². The minimum Gasteiger partial charge on any atom is -0.456 e. The van der Waals surface area contributed by atoms with Crippen LogP contribution in [0.4, 0.5) is 0 Å². The predicted molar refractivity (Wildman–Crippen MR) is 176 cm³/mol. The van der Waals surface area contributed by atoms with Crippen molar-refractivity contribution in [2.75, 3.05) is 0 Å². The molecule has 0 atom stereocenters. The zero-order valence-electron chi connectivity index (χ0n) is 22.5. The fraction of sp³-hybridized carbons (Fsp3) is 0. The number of hydrogen-bond acceptors (Lipinski definition) is 2. The molecule has 0 radical (unpaired) electrons. The summed E-state index contributed by atoms with van der Waals surface area (Å²) < 4.78 is 13.0. The molecule has 0 aliphatic carbocycles. The SMILES string of the molecule is c1ccc2c(c1)oc1cccc(-c3c4ccccc4c(-c4ccc5ccc6cccc7oc4c5c67)c4ccccc34)c12. The van der Waals surface area contributed by atoms with Crippen LogP contribution in [0, 0.1) is 0 Å². The van der Waals surface area contributed by atoms with Crippen molar-refractivity contribution in [1.29, 1.82) is 0 Å². The molecular weight excluding hydrogens is 512 g/mol. The molecule has 0 unspecified atom stereocenters. The quantitative estimate of drug-likeness (QED) is 0.163. The molecule has 0 aliphatic rings. The Labute approximate surface area is 240 Å². The Kier molecular flexibility index (Phi) is 4.21. The lowest BCUT2D eigenvalue weighted by atomic mass is 9.84. The van der Waals surface area contributed by atoms with Gasteiger partial charge in [0, 0.05) is 32.7 Å².